The molecule has 94 valence electrons. The molecule has 0 spiro atoms. The molecule has 1 heterocycles. The number of hydrogen-bond donors (Lipinski definition) is 1. The molecule has 1 aromatic heterocycles. The largest absolute Gasteiger partial charge is 0.330 e. The summed E-state index contributed by atoms with van der Waals surface area (Å²) in [5, 5.41) is 0. The average molecular weight is 240 g/mol. The molecule has 0 radical (unpaired) electrons. The summed E-state index contributed by atoms with van der Waals surface area (Å²) in [6.07, 6.45) is 2.79. The lowest BCUT2D eigenvalue weighted by atomic mass is 9.92. The van der Waals surface area contributed by atoms with E-state index in [0.717, 1.165) is 12.1 Å². The fraction of sp³-hybridized carbons (Fsp3) is 0.312. The van der Waals surface area contributed by atoms with Crippen LogP contribution < -0.4 is 5.73 Å². The van der Waals surface area contributed by atoms with Crippen molar-refractivity contribution in [3.8, 4) is 0 Å². The first-order chi connectivity index (χ1) is 8.70. The summed E-state index contributed by atoms with van der Waals surface area (Å²) in [5.41, 5.74) is 11.0. The van der Waals surface area contributed by atoms with E-state index in [1.165, 1.54) is 16.7 Å². The highest BCUT2D eigenvalue weighted by Gasteiger charge is 2.13. The maximum absolute atomic E-state index is 5.90. The molecule has 0 saturated carbocycles. The third-order valence-corrected chi connectivity index (χ3v) is 3.36. The molecule has 0 saturated heterocycles. The van der Waals surface area contributed by atoms with E-state index >= 15 is 0 Å². The van der Waals surface area contributed by atoms with Gasteiger partial charge in [0.25, 0.3) is 0 Å². The summed E-state index contributed by atoms with van der Waals surface area (Å²) in [6.45, 7) is 4.91. The summed E-state index contributed by atoms with van der Waals surface area (Å²) in [5.74, 6) is 0.298. The smallest absolute Gasteiger partial charge is 0.0450 e. The maximum Gasteiger partial charge on any atom is 0.0450 e. The molecule has 0 aliphatic heterocycles. The van der Waals surface area contributed by atoms with E-state index in [0.29, 0.717) is 12.5 Å². The molecule has 0 aliphatic rings. The molecule has 2 aromatic rings. The van der Waals surface area contributed by atoms with Crippen molar-refractivity contribution >= 4 is 0 Å². The molecule has 1 aromatic carbocycles. The van der Waals surface area contributed by atoms with Crippen LogP contribution in [0, 0.1) is 13.8 Å². The Labute approximate surface area is 109 Å². The average Bonchev–Trinajstić information content (AvgIpc) is 2.41. The molecule has 2 nitrogen and oxygen atoms in total. The highest BCUT2D eigenvalue weighted by molar-refractivity contribution is 5.32. The Morgan fingerprint density at radius 2 is 2.00 bits per heavy atom. The van der Waals surface area contributed by atoms with Gasteiger partial charge in [0, 0.05) is 24.4 Å². The second kappa shape index (κ2) is 5.78. The van der Waals surface area contributed by atoms with Crippen molar-refractivity contribution < 1.29 is 0 Å². The Hall–Kier alpha value is -1.67. The summed E-state index contributed by atoms with van der Waals surface area (Å²) in [7, 11) is 0. The lowest BCUT2D eigenvalue weighted by Gasteiger charge is -2.16. The number of aryl methyl sites for hydroxylation is 2. The molecule has 2 N–H and O–H groups in total. The number of hydrogen-bond acceptors (Lipinski definition) is 2. The molecule has 0 bridgehead atoms. The van der Waals surface area contributed by atoms with Crippen LogP contribution in [0.25, 0.3) is 0 Å². The number of aromatic nitrogens is 1. The van der Waals surface area contributed by atoms with Gasteiger partial charge in [-0.25, -0.2) is 0 Å². The van der Waals surface area contributed by atoms with E-state index < -0.39 is 0 Å². The number of nitrogens with zero attached hydrogens (tertiary/aromatic N) is 1. The molecule has 0 aliphatic carbocycles. The van der Waals surface area contributed by atoms with Crippen LogP contribution in [0.3, 0.4) is 0 Å². The van der Waals surface area contributed by atoms with Gasteiger partial charge in [0.05, 0.1) is 0 Å². The number of rotatable bonds is 4. The van der Waals surface area contributed by atoms with Crippen LogP contribution in [-0.4, -0.2) is 11.5 Å². The molecule has 0 fully saturated rings. The van der Waals surface area contributed by atoms with Crippen molar-refractivity contribution in [2.45, 2.75) is 26.2 Å². The van der Waals surface area contributed by atoms with E-state index in [-0.39, 0.29) is 0 Å². The molecule has 2 rings (SSSR count). The Morgan fingerprint density at radius 3 is 2.67 bits per heavy atom. The molecule has 18 heavy (non-hydrogen) atoms. The van der Waals surface area contributed by atoms with Gasteiger partial charge in [0.15, 0.2) is 0 Å². The van der Waals surface area contributed by atoms with Gasteiger partial charge in [-0.3, -0.25) is 4.98 Å². The van der Waals surface area contributed by atoms with Crippen molar-refractivity contribution in [2.24, 2.45) is 5.73 Å². The second-order valence-corrected chi connectivity index (χ2v) is 4.82. The normalized spacial score (nSPS) is 12.4. The number of nitrogens with two attached hydrogens (primary N) is 1. The van der Waals surface area contributed by atoms with Crippen LogP contribution in [0.5, 0.6) is 0 Å². The minimum atomic E-state index is 0.298. The topological polar surface area (TPSA) is 38.9 Å². The quantitative estimate of drug-likeness (QED) is 0.892. The van der Waals surface area contributed by atoms with Gasteiger partial charge in [-0.05, 0) is 43.5 Å². The fourth-order valence-corrected chi connectivity index (χ4v) is 2.21. The Kier molecular flexibility index (Phi) is 4.11. The first-order valence-corrected chi connectivity index (χ1v) is 6.38. The molecule has 0 amide bonds. The van der Waals surface area contributed by atoms with Gasteiger partial charge in [0.2, 0.25) is 0 Å². The van der Waals surface area contributed by atoms with Crippen molar-refractivity contribution in [1.82, 2.24) is 4.98 Å². The molecule has 1 unspecified atom stereocenters. The number of pyridine rings is 1. The van der Waals surface area contributed by atoms with Crippen molar-refractivity contribution in [3.63, 3.8) is 0 Å². The second-order valence-electron chi connectivity index (χ2n) is 4.82. The van der Waals surface area contributed by atoms with E-state index in [4.69, 9.17) is 5.73 Å². The summed E-state index contributed by atoms with van der Waals surface area (Å²) in [4.78, 5) is 4.42. The van der Waals surface area contributed by atoms with Crippen LogP contribution in [0.2, 0.25) is 0 Å². The standard InChI is InChI=1S/C16H20N2/c1-12-6-7-13(2)14(9-12)10-15(11-17)16-5-3-4-8-18-16/h3-9,15H,10-11,17H2,1-2H3. The highest BCUT2D eigenvalue weighted by atomic mass is 14.7. The van der Waals surface area contributed by atoms with Gasteiger partial charge < -0.3 is 5.73 Å². The van der Waals surface area contributed by atoms with E-state index in [2.05, 4.69) is 43.1 Å². The fourth-order valence-electron chi connectivity index (χ4n) is 2.21. The maximum atomic E-state index is 5.90. The lowest BCUT2D eigenvalue weighted by molar-refractivity contribution is 0.670. The van der Waals surface area contributed by atoms with Gasteiger partial charge >= 0.3 is 0 Å². The predicted molar refractivity (Wildman–Crippen MR) is 75.7 cm³/mol. The van der Waals surface area contributed by atoms with Crippen LogP contribution >= 0.6 is 0 Å². The van der Waals surface area contributed by atoms with E-state index in [1.807, 2.05) is 18.3 Å². The third kappa shape index (κ3) is 2.96. The van der Waals surface area contributed by atoms with Gasteiger partial charge in [-0.1, -0.05) is 29.8 Å². The van der Waals surface area contributed by atoms with Crippen LogP contribution in [-0.2, 0) is 6.42 Å². The van der Waals surface area contributed by atoms with Crippen LogP contribution in [0.1, 0.15) is 28.3 Å². The molecular formula is C16H20N2. The monoisotopic (exact) mass is 240 g/mol. The minimum absolute atomic E-state index is 0.298. The van der Waals surface area contributed by atoms with Crippen LogP contribution in [0.4, 0.5) is 0 Å². The van der Waals surface area contributed by atoms with Crippen molar-refractivity contribution in [2.75, 3.05) is 6.54 Å². The minimum Gasteiger partial charge on any atom is -0.330 e. The molecule has 1 atom stereocenters. The third-order valence-electron chi connectivity index (χ3n) is 3.36. The molecule has 2 heteroatoms. The summed E-state index contributed by atoms with van der Waals surface area (Å²) < 4.78 is 0. The highest BCUT2D eigenvalue weighted by Crippen LogP contribution is 2.21. The van der Waals surface area contributed by atoms with Crippen molar-refractivity contribution in [3.05, 3.63) is 65.0 Å². The van der Waals surface area contributed by atoms with E-state index in [9.17, 15) is 0 Å². The van der Waals surface area contributed by atoms with Crippen LogP contribution in [0.15, 0.2) is 42.6 Å². The Bertz CT molecular complexity index is 506. The van der Waals surface area contributed by atoms with E-state index in [1.54, 1.807) is 0 Å². The SMILES string of the molecule is Cc1ccc(C)c(CC(CN)c2ccccn2)c1. The zero-order chi connectivity index (χ0) is 13.0. The Balaban J connectivity index is 2.23. The van der Waals surface area contributed by atoms with Gasteiger partial charge in [-0.2, -0.15) is 0 Å². The predicted octanol–water partition coefficient (Wildman–Crippen LogP) is 2.98. The zero-order valence-corrected chi connectivity index (χ0v) is 11.1. The van der Waals surface area contributed by atoms with Gasteiger partial charge in [0.1, 0.15) is 0 Å². The first kappa shape index (κ1) is 12.8. The zero-order valence-electron chi connectivity index (χ0n) is 11.1. The summed E-state index contributed by atoms with van der Waals surface area (Å²) >= 11 is 0. The lowest BCUT2D eigenvalue weighted by Crippen LogP contribution is -2.16. The molecular weight excluding hydrogens is 220 g/mol. The Morgan fingerprint density at radius 1 is 1.17 bits per heavy atom. The van der Waals surface area contributed by atoms with Crippen molar-refractivity contribution in [1.29, 1.82) is 0 Å². The summed E-state index contributed by atoms with van der Waals surface area (Å²) in [6, 6.07) is 12.6. The van der Waals surface area contributed by atoms with Gasteiger partial charge in [-0.15, -0.1) is 0 Å². The number of benzene rings is 1. The first-order valence-electron chi connectivity index (χ1n) is 6.38.